The third-order valence-corrected chi connectivity index (χ3v) is 2.77. The quantitative estimate of drug-likeness (QED) is 0.687. The molecule has 0 saturated heterocycles. The predicted molar refractivity (Wildman–Crippen MR) is 72.5 cm³/mol. The van der Waals surface area contributed by atoms with Gasteiger partial charge in [-0.15, -0.1) is 12.6 Å². The number of carbonyl (C=O) groups is 1. The highest BCUT2D eigenvalue weighted by Gasteiger charge is 2.10. The molecular formula is C13H12N2O3S. The summed E-state index contributed by atoms with van der Waals surface area (Å²) in [5.41, 5.74) is 1.06. The zero-order chi connectivity index (χ0) is 13.8. The number of hydrogen-bond donors (Lipinski definition) is 1. The molecule has 98 valence electrons. The van der Waals surface area contributed by atoms with Crippen LogP contribution in [0.2, 0.25) is 0 Å². The van der Waals surface area contributed by atoms with E-state index >= 15 is 0 Å². The molecule has 2 rings (SSSR count). The van der Waals surface area contributed by atoms with Crippen LogP contribution >= 0.6 is 12.6 Å². The van der Waals surface area contributed by atoms with E-state index in [-0.39, 0.29) is 6.01 Å². The Morgan fingerprint density at radius 3 is 2.79 bits per heavy atom. The highest BCUT2D eigenvalue weighted by molar-refractivity contribution is 7.80. The second-order valence-electron chi connectivity index (χ2n) is 3.74. The van der Waals surface area contributed by atoms with E-state index in [1.165, 1.54) is 7.11 Å². The van der Waals surface area contributed by atoms with Crippen molar-refractivity contribution in [1.29, 1.82) is 0 Å². The van der Waals surface area contributed by atoms with Gasteiger partial charge >= 0.3 is 6.01 Å². The molecule has 2 aromatic rings. The minimum Gasteiger partial charge on any atom is -0.481 e. The van der Waals surface area contributed by atoms with Crippen LogP contribution in [-0.4, -0.2) is 23.4 Å². The molecule has 0 bridgehead atoms. The average Bonchev–Trinajstić information content (AvgIpc) is 2.38. The molecule has 0 unspecified atom stereocenters. The Morgan fingerprint density at radius 1 is 1.32 bits per heavy atom. The van der Waals surface area contributed by atoms with Crippen LogP contribution < -0.4 is 9.47 Å². The monoisotopic (exact) mass is 276 g/mol. The maximum atomic E-state index is 11.0. The number of hydrogen-bond acceptors (Lipinski definition) is 6. The van der Waals surface area contributed by atoms with Gasteiger partial charge in [0.15, 0.2) is 6.29 Å². The first kappa shape index (κ1) is 13.4. The van der Waals surface area contributed by atoms with Gasteiger partial charge in [-0.25, -0.2) is 0 Å². The average molecular weight is 276 g/mol. The van der Waals surface area contributed by atoms with Gasteiger partial charge in [-0.2, -0.15) is 9.97 Å². The first-order chi connectivity index (χ1) is 9.13. The third kappa shape index (κ3) is 3.03. The zero-order valence-corrected chi connectivity index (χ0v) is 11.3. The van der Waals surface area contributed by atoms with Gasteiger partial charge in [-0.3, -0.25) is 4.79 Å². The van der Waals surface area contributed by atoms with Crippen LogP contribution in [0, 0.1) is 6.92 Å². The first-order valence-corrected chi connectivity index (χ1v) is 5.93. The summed E-state index contributed by atoms with van der Waals surface area (Å²) in [6, 6.07) is 6.90. The van der Waals surface area contributed by atoms with Crippen molar-refractivity contribution in [2.45, 2.75) is 11.8 Å². The third-order valence-electron chi connectivity index (χ3n) is 2.38. The van der Waals surface area contributed by atoms with Crippen molar-refractivity contribution in [3.05, 3.63) is 35.5 Å². The number of aryl methyl sites for hydroxylation is 1. The van der Waals surface area contributed by atoms with Gasteiger partial charge in [0.2, 0.25) is 5.88 Å². The van der Waals surface area contributed by atoms with Crippen LogP contribution in [0.25, 0.3) is 0 Å². The van der Waals surface area contributed by atoms with Crippen molar-refractivity contribution in [3.8, 4) is 17.6 Å². The summed E-state index contributed by atoms with van der Waals surface area (Å²) >= 11 is 4.20. The summed E-state index contributed by atoms with van der Waals surface area (Å²) < 4.78 is 10.6. The van der Waals surface area contributed by atoms with Crippen LogP contribution in [0.1, 0.15) is 16.1 Å². The zero-order valence-electron chi connectivity index (χ0n) is 10.5. The number of ether oxygens (including phenoxy) is 2. The van der Waals surface area contributed by atoms with Crippen molar-refractivity contribution >= 4 is 18.9 Å². The van der Waals surface area contributed by atoms with Crippen molar-refractivity contribution in [3.63, 3.8) is 0 Å². The summed E-state index contributed by atoms with van der Waals surface area (Å²) in [6.07, 6.45) is 0.685. The van der Waals surface area contributed by atoms with Crippen molar-refractivity contribution in [2.24, 2.45) is 0 Å². The lowest BCUT2D eigenvalue weighted by atomic mass is 10.2. The number of methoxy groups -OCH3 is 1. The Hall–Kier alpha value is -2.08. The molecule has 1 heterocycles. The Bertz CT molecular complexity index is 617. The number of rotatable bonds is 4. The molecule has 6 heteroatoms. The Morgan fingerprint density at radius 2 is 2.11 bits per heavy atom. The molecule has 0 saturated carbocycles. The number of aldehydes is 1. The smallest absolute Gasteiger partial charge is 0.325 e. The van der Waals surface area contributed by atoms with Gasteiger partial charge in [0, 0.05) is 16.7 Å². The number of aromatic nitrogens is 2. The summed E-state index contributed by atoms with van der Waals surface area (Å²) in [4.78, 5) is 19.8. The van der Waals surface area contributed by atoms with Crippen LogP contribution in [0.3, 0.4) is 0 Å². The fourth-order valence-corrected chi connectivity index (χ4v) is 1.75. The Kier molecular flexibility index (Phi) is 4.01. The normalized spacial score (nSPS) is 10.1. The lowest BCUT2D eigenvalue weighted by Gasteiger charge is -2.09. The summed E-state index contributed by atoms with van der Waals surface area (Å²) in [6.45, 7) is 1.80. The molecule has 0 aliphatic heterocycles. The van der Waals surface area contributed by atoms with Gasteiger partial charge in [0.25, 0.3) is 0 Å². The predicted octanol–water partition coefficient (Wildman–Crippen LogP) is 2.69. The molecule has 0 aliphatic rings. The van der Waals surface area contributed by atoms with E-state index in [1.807, 2.05) is 0 Å². The second-order valence-corrected chi connectivity index (χ2v) is 4.22. The molecule has 1 aromatic carbocycles. The molecule has 0 amide bonds. The summed E-state index contributed by atoms with van der Waals surface area (Å²) in [5.74, 6) is 0.757. The topological polar surface area (TPSA) is 61.3 Å². The van der Waals surface area contributed by atoms with Crippen LogP contribution in [-0.2, 0) is 0 Å². The van der Waals surface area contributed by atoms with Gasteiger partial charge in [-0.1, -0.05) is 6.07 Å². The summed E-state index contributed by atoms with van der Waals surface area (Å²) in [7, 11) is 1.51. The van der Waals surface area contributed by atoms with Crippen molar-refractivity contribution < 1.29 is 14.3 Å². The van der Waals surface area contributed by atoms with E-state index in [0.717, 1.165) is 0 Å². The second kappa shape index (κ2) is 5.71. The highest BCUT2D eigenvalue weighted by atomic mass is 32.1. The van der Waals surface area contributed by atoms with E-state index < -0.39 is 0 Å². The molecule has 0 fully saturated rings. The van der Waals surface area contributed by atoms with E-state index in [1.54, 1.807) is 31.2 Å². The molecule has 5 nitrogen and oxygen atoms in total. The molecule has 0 atom stereocenters. The molecule has 0 spiro atoms. The van der Waals surface area contributed by atoms with Gasteiger partial charge in [0.1, 0.15) is 5.75 Å². The molecule has 19 heavy (non-hydrogen) atoms. The van der Waals surface area contributed by atoms with E-state index in [0.29, 0.717) is 34.1 Å². The largest absolute Gasteiger partial charge is 0.481 e. The molecule has 0 N–H and O–H groups in total. The molecule has 0 radical (unpaired) electrons. The van der Waals surface area contributed by atoms with Gasteiger partial charge in [0.05, 0.1) is 12.7 Å². The van der Waals surface area contributed by atoms with Gasteiger partial charge in [-0.05, 0) is 19.1 Å². The number of benzene rings is 1. The fourth-order valence-electron chi connectivity index (χ4n) is 1.50. The summed E-state index contributed by atoms with van der Waals surface area (Å²) in [5, 5.41) is 0. The Balaban J connectivity index is 2.38. The van der Waals surface area contributed by atoms with E-state index in [2.05, 4.69) is 22.6 Å². The van der Waals surface area contributed by atoms with Crippen molar-refractivity contribution in [2.75, 3.05) is 7.11 Å². The fraction of sp³-hybridized carbons (Fsp3) is 0.154. The lowest BCUT2D eigenvalue weighted by molar-refractivity contribution is 0.111. The van der Waals surface area contributed by atoms with Crippen LogP contribution in [0.15, 0.2) is 29.2 Å². The highest BCUT2D eigenvalue weighted by Crippen LogP contribution is 2.27. The molecule has 0 aliphatic carbocycles. The minimum atomic E-state index is 0.124. The van der Waals surface area contributed by atoms with Crippen molar-refractivity contribution in [1.82, 2.24) is 9.97 Å². The van der Waals surface area contributed by atoms with Crippen LogP contribution in [0.5, 0.6) is 17.6 Å². The number of nitrogens with zero attached hydrogens (tertiary/aromatic N) is 2. The SMILES string of the molecule is COc1cc(C)nc(Oc2cccc(S)c2C=O)n1. The minimum absolute atomic E-state index is 0.124. The standard InChI is InChI=1S/C13H12N2O3S/c1-8-6-12(17-2)15-13(14-8)18-10-4-3-5-11(19)9(10)7-16/h3-7,19H,1-2H3. The maximum Gasteiger partial charge on any atom is 0.325 e. The molecule has 1 aromatic heterocycles. The van der Waals surface area contributed by atoms with Gasteiger partial charge < -0.3 is 9.47 Å². The molecular weight excluding hydrogens is 264 g/mol. The maximum absolute atomic E-state index is 11.0. The number of carbonyl (C=O) groups excluding carboxylic acids is 1. The Labute approximate surface area is 116 Å². The van der Waals surface area contributed by atoms with E-state index in [4.69, 9.17) is 9.47 Å². The lowest BCUT2D eigenvalue weighted by Crippen LogP contribution is -1.99. The van der Waals surface area contributed by atoms with E-state index in [9.17, 15) is 4.79 Å². The van der Waals surface area contributed by atoms with Crippen LogP contribution in [0.4, 0.5) is 0 Å². The number of thiol groups is 1. The first-order valence-electron chi connectivity index (χ1n) is 5.48.